The number of aromatic nitrogens is 1. The molecule has 2 amide bonds. The van der Waals surface area contributed by atoms with Crippen molar-refractivity contribution >= 4 is 33.4 Å². The Morgan fingerprint density at radius 3 is 2.45 bits per heavy atom. The van der Waals surface area contributed by atoms with Gasteiger partial charge in [0.2, 0.25) is 5.91 Å². The summed E-state index contributed by atoms with van der Waals surface area (Å²) in [6.07, 6.45) is 12.3. The summed E-state index contributed by atoms with van der Waals surface area (Å²) in [4.78, 5) is 31.0. The second kappa shape index (κ2) is 8.27. The van der Waals surface area contributed by atoms with Crippen LogP contribution in [0.25, 0.3) is 10.2 Å². The van der Waals surface area contributed by atoms with Gasteiger partial charge in [-0.2, -0.15) is 0 Å². The third-order valence-corrected chi connectivity index (χ3v) is 9.01. The van der Waals surface area contributed by atoms with Crippen molar-refractivity contribution in [2.75, 3.05) is 0 Å². The van der Waals surface area contributed by atoms with Gasteiger partial charge < -0.3 is 14.8 Å². The van der Waals surface area contributed by atoms with Crippen molar-refractivity contribution in [1.29, 1.82) is 0 Å². The van der Waals surface area contributed by atoms with E-state index in [0.717, 1.165) is 56.2 Å². The number of carbonyl (C=O) groups is 2. The molecular weight excluding hydrogens is 406 g/mol. The molecule has 6 heteroatoms. The van der Waals surface area contributed by atoms with Gasteiger partial charge in [0.25, 0.3) is 5.91 Å². The van der Waals surface area contributed by atoms with Crippen molar-refractivity contribution in [1.82, 2.24) is 14.8 Å². The maximum atomic E-state index is 13.8. The van der Waals surface area contributed by atoms with E-state index in [-0.39, 0.29) is 23.9 Å². The van der Waals surface area contributed by atoms with Gasteiger partial charge in [-0.25, -0.2) is 0 Å². The minimum atomic E-state index is -0.842. The van der Waals surface area contributed by atoms with Crippen LogP contribution >= 0.6 is 11.3 Å². The molecule has 2 aliphatic carbocycles. The second-order valence-electron chi connectivity index (χ2n) is 9.98. The molecule has 2 fully saturated rings. The Morgan fingerprint density at radius 1 is 1.10 bits per heavy atom. The number of hydrogen-bond donors (Lipinski definition) is 1. The van der Waals surface area contributed by atoms with Crippen LogP contribution in [0.3, 0.4) is 0 Å². The number of rotatable bonds is 4. The lowest BCUT2D eigenvalue weighted by Crippen LogP contribution is -2.67. The Bertz CT molecular complexity index is 978. The number of thiophene rings is 1. The average molecular weight is 442 g/mol. The van der Waals surface area contributed by atoms with Crippen LogP contribution in [0.2, 0.25) is 0 Å². The van der Waals surface area contributed by atoms with Gasteiger partial charge in [0.15, 0.2) is 0 Å². The zero-order valence-corrected chi connectivity index (χ0v) is 19.7. The first-order valence-corrected chi connectivity index (χ1v) is 13.1. The Labute approximate surface area is 189 Å². The van der Waals surface area contributed by atoms with E-state index in [2.05, 4.69) is 28.9 Å². The van der Waals surface area contributed by atoms with Gasteiger partial charge in [0.05, 0.1) is 16.8 Å². The Hall–Kier alpha value is -1.82. The summed E-state index contributed by atoms with van der Waals surface area (Å²) in [5, 5.41) is 3.39. The number of hydrogen-bond acceptors (Lipinski definition) is 3. The quantitative estimate of drug-likeness (QED) is 0.658. The molecule has 2 saturated carbocycles. The van der Waals surface area contributed by atoms with Crippen LogP contribution < -0.4 is 5.32 Å². The van der Waals surface area contributed by atoms with Crippen LogP contribution in [0.4, 0.5) is 0 Å². The Morgan fingerprint density at radius 2 is 1.77 bits per heavy atom. The van der Waals surface area contributed by atoms with Gasteiger partial charge in [0, 0.05) is 17.0 Å². The Kier molecular flexibility index (Phi) is 5.61. The van der Waals surface area contributed by atoms with E-state index < -0.39 is 5.54 Å². The van der Waals surface area contributed by atoms with Crippen molar-refractivity contribution in [2.45, 2.75) is 109 Å². The fourth-order valence-corrected chi connectivity index (χ4v) is 7.06. The average Bonchev–Trinajstić information content (AvgIpc) is 3.43. The molecule has 0 radical (unpaired) electrons. The number of fused-ring (bicyclic) bond motifs is 3. The minimum absolute atomic E-state index is 0.0399. The summed E-state index contributed by atoms with van der Waals surface area (Å²) >= 11 is 1.77. The van der Waals surface area contributed by atoms with Crippen molar-refractivity contribution < 1.29 is 9.59 Å². The van der Waals surface area contributed by atoms with Gasteiger partial charge in [-0.1, -0.05) is 45.4 Å². The lowest BCUT2D eigenvalue weighted by molar-refractivity contribution is -0.135. The van der Waals surface area contributed by atoms with E-state index >= 15 is 0 Å². The first kappa shape index (κ1) is 21.0. The predicted molar refractivity (Wildman–Crippen MR) is 126 cm³/mol. The van der Waals surface area contributed by atoms with Gasteiger partial charge in [-0.05, 0) is 51.2 Å². The van der Waals surface area contributed by atoms with Crippen molar-refractivity contribution in [3.05, 3.63) is 22.7 Å². The van der Waals surface area contributed by atoms with Crippen molar-refractivity contribution in [3.63, 3.8) is 0 Å². The molecule has 3 aliphatic rings. The van der Waals surface area contributed by atoms with E-state index in [4.69, 9.17) is 0 Å². The molecule has 3 heterocycles. The number of nitrogens with zero attached hydrogens (tertiary/aromatic N) is 2. The lowest BCUT2D eigenvalue weighted by Gasteiger charge is -2.47. The van der Waals surface area contributed by atoms with E-state index in [0.29, 0.717) is 6.54 Å². The Balaban J connectivity index is 1.52. The molecule has 168 valence electrons. The summed E-state index contributed by atoms with van der Waals surface area (Å²) < 4.78 is 3.30. The smallest absolute Gasteiger partial charge is 0.271 e. The SMILES string of the molecule is CCc1cc2c(cc3n2C[C@](C)(C(=O)NC2CCCCCC2)N(C2CCCC2)C3=O)s1. The van der Waals surface area contributed by atoms with Gasteiger partial charge in [-0.15, -0.1) is 11.3 Å². The monoisotopic (exact) mass is 441 g/mol. The van der Waals surface area contributed by atoms with E-state index in [9.17, 15) is 9.59 Å². The summed E-state index contributed by atoms with van der Waals surface area (Å²) in [7, 11) is 0. The van der Waals surface area contributed by atoms with Gasteiger partial charge >= 0.3 is 0 Å². The van der Waals surface area contributed by atoms with Gasteiger partial charge in [-0.3, -0.25) is 9.59 Å². The third-order valence-electron chi connectivity index (χ3n) is 7.79. The maximum absolute atomic E-state index is 13.8. The molecule has 1 N–H and O–H groups in total. The molecule has 5 rings (SSSR count). The van der Waals surface area contributed by atoms with E-state index in [1.54, 1.807) is 11.3 Å². The molecule has 5 nitrogen and oxygen atoms in total. The van der Waals surface area contributed by atoms with Crippen molar-refractivity contribution in [2.24, 2.45) is 0 Å². The summed E-state index contributed by atoms with van der Waals surface area (Å²) in [5.74, 6) is 0.0798. The molecule has 0 spiro atoms. The van der Waals surface area contributed by atoms with Crippen LogP contribution in [0.15, 0.2) is 12.1 Å². The molecule has 0 bridgehead atoms. The topological polar surface area (TPSA) is 54.3 Å². The van der Waals surface area contributed by atoms with E-state index in [1.165, 1.54) is 35.3 Å². The highest BCUT2D eigenvalue weighted by Gasteiger charge is 2.51. The second-order valence-corrected chi connectivity index (χ2v) is 11.1. The number of aryl methyl sites for hydroxylation is 1. The van der Waals surface area contributed by atoms with Crippen molar-refractivity contribution in [3.8, 4) is 0 Å². The summed E-state index contributed by atoms with van der Waals surface area (Å²) in [6.45, 7) is 4.72. The highest BCUT2D eigenvalue weighted by atomic mass is 32.1. The minimum Gasteiger partial charge on any atom is -0.351 e. The van der Waals surface area contributed by atoms with Crippen LogP contribution in [-0.2, 0) is 17.8 Å². The maximum Gasteiger partial charge on any atom is 0.271 e. The van der Waals surface area contributed by atoms with Crippen LogP contribution in [0.5, 0.6) is 0 Å². The fraction of sp³-hybridized carbons (Fsp3) is 0.680. The number of nitrogens with one attached hydrogen (secondary N) is 1. The molecular formula is C25H35N3O2S. The van der Waals surface area contributed by atoms with Gasteiger partial charge in [0.1, 0.15) is 11.2 Å². The fourth-order valence-electron chi connectivity index (χ4n) is 6.02. The molecule has 2 aromatic rings. The molecule has 0 aromatic carbocycles. The summed E-state index contributed by atoms with van der Waals surface area (Å²) in [5.41, 5.74) is 1.03. The normalized spacial score (nSPS) is 25.7. The first-order valence-electron chi connectivity index (χ1n) is 12.3. The lowest BCUT2D eigenvalue weighted by atomic mass is 9.91. The highest BCUT2D eigenvalue weighted by Crippen LogP contribution is 2.39. The number of carbonyl (C=O) groups excluding carboxylic acids is 2. The first-order chi connectivity index (χ1) is 15.0. The van der Waals surface area contributed by atoms with E-state index in [1.807, 2.05) is 11.8 Å². The molecule has 31 heavy (non-hydrogen) atoms. The molecule has 2 aromatic heterocycles. The summed E-state index contributed by atoms with van der Waals surface area (Å²) in [6, 6.07) is 4.69. The third kappa shape index (κ3) is 3.61. The molecule has 0 saturated heterocycles. The standard InChI is InChI=1S/C25H35N3O2S/c1-3-19-14-20-22(31-19)15-21-23(29)28(18-12-8-9-13-18)25(2,16-27(20)21)24(30)26-17-10-6-4-5-7-11-17/h14-15,17-18H,3-13,16H2,1-2H3,(H,26,30)/t25-/m1/s1. The molecule has 1 atom stereocenters. The predicted octanol–water partition coefficient (Wildman–Crippen LogP) is 5.26. The van der Waals surface area contributed by atoms with Crippen LogP contribution in [-0.4, -0.2) is 38.9 Å². The van der Waals surface area contributed by atoms with Crippen LogP contribution in [0.1, 0.15) is 93.4 Å². The largest absolute Gasteiger partial charge is 0.351 e. The molecule has 0 unspecified atom stereocenters. The zero-order valence-electron chi connectivity index (χ0n) is 18.9. The number of amides is 2. The van der Waals surface area contributed by atoms with Crippen LogP contribution in [0, 0.1) is 0 Å². The highest BCUT2D eigenvalue weighted by molar-refractivity contribution is 7.19. The zero-order chi connectivity index (χ0) is 21.6. The molecule has 1 aliphatic heterocycles.